The molecule has 0 radical (unpaired) electrons. The molecule has 33 heavy (non-hydrogen) atoms. The number of hydrogen-bond acceptors (Lipinski definition) is 7. The van der Waals surface area contributed by atoms with E-state index in [2.05, 4.69) is 9.97 Å². The number of rotatable bonds is 1. The zero-order valence-corrected chi connectivity index (χ0v) is 21.1. The van der Waals surface area contributed by atoms with Gasteiger partial charge in [0.05, 0.1) is 12.3 Å². The van der Waals surface area contributed by atoms with Crippen molar-refractivity contribution in [2.24, 2.45) is 0 Å². The van der Waals surface area contributed by atoms with Crippen molar-refractivity contribution in [2.45, 2.75) is 114 Å². The van der Waals surface area contributed by atoms with Gasteiger partial charge in [0.25, 0.3) is 0 Å². The van der Waals surface area contributed by atoms with Gasteiger partial charge in [-0.1, -0.05) is 19.3 Å². The number of aliphatic hydroxyl groups is 1. The Bertz CT molecular complexity index is 882. The summed E-state index contributed by atoms with van der Waals surface area (Å²) in [7, 11) is -3.25. The highest BCUT2D eigenvalue weighted by molar-refractivity contribution is 7.90. The molecule has 1 aromatic rings. The summed E-state index contributed by atoms with van der Waals surface area (Å²) >= 11 is 0. The van der Waals surface area contributed by atoms with Crippen molar-refractivity contribution in [3.8, 4) is 0 Å². The van der Waals surface area contributed by atoms with Gasteiger partial charge in [0.15, 0.2) is 9.84 Å². The van der Waals surface area contributed by atoms with E-state index < -0.39 is 15.5 Å². The van der Waals surface area contributed by atoms with Crippen molar-refractivity contribution in [1.82, 2.24) is 14.9 Å². The van der Waals surface area contributed by atoms with Gasteiger partial charge in [-0.25, -0.2) is 23.0 Å². The van der Waals surface area contributed by atoms with E-state index in [9.17, 15) is 18.0 Å². The van der Waals surface area contributed by atoms with Gasteiger partial charge in [-0.05, 0) is 65.7 Å². The zero-order chi connectivity index (χ0) is 24.6. The molecule has 1 aromatic heterocycles. The Morgan fingerprint density at radius 2 is 1.64 bits per heavy atom. The van der Waals surface area contributed by atoms with E-state index in [0.29, 0.717) is 12.1 Å². The van der Waals surface area contributed by atoms with Crippen molar-refractivity contribution < 1.29 is 23.1 Å². The number of aromatic nitrogens is 2. The van der Waals surface area contributed by atoms with E-state index in [1.807, 2.05) is 25.7 Å². The molecule has 3 aliphatic rings. The number of nitrogens with one attached hydrogen (secondary N) is 1. The first-order valence-corrected chi connectivity index (χ1v) is 13.7. The standard InChI is InChI=1S/C12H21NO2.C6H12O.C5H6N2O3S/c1-12(2,3)15-11(14)13-9-5-4-6-10(13)8-7-9;7-6-4-2-1-3-5-6;1-11(9,10)4-2-6-5(8)7-3-4/h9-10H,4-8H2,1-3H3;6-7H,1-5H2;2-3H,1H3,(H,6,7,8). The molecule has 9 nitrogen and oxygen atoms in total. The lowest BCUT2D eigenvalue weighted by molar-refractivity contribution is 0.00783. The van der Waals surface area contributed by atoms with Gasteiger partial charge in [-0.3, -0.25) is 0 Å². The summed E-state index contributed by atoms with van der Waals surface area (Å²) in [6, 6.07) is 0.914. The third kappa shape index (κ3) is 9.44. The summed E-state index contributed by atoms with van der Waals surface area (Å²) < 4.78 is 27.0. The van der Waals surface area contributed by atoms with E-state index in [-0.39, 0.29) is 22.7 Å². The largest absolute Gasteiger partial charge is 0.444 e. The molecule has 1 aliphatic carbocycles. The van der Waals surface area contributed by atoms with E-state index in [1.54, 1.807) is 0 Å². The third-order valence-corrected chi connectivity index (χ3v) is 7.03. The number of aromatic amines is 1. The van der Waals surface area contributed by atoms with Crippen LogP contribution in [-0.2, 0) is 14.6 Å². The van der Waals surface area contributed by atoms with Crippen LogP contribution in [-0.4, -0.2) is 64.5 Å². The third-order valence-electron chi connectivity index (χ3n) is 5.95. The quantitative estimate of drug-likeness (QED) is 0.623. The number of nitrogens with zero attached hydrogens (tertiary/aromatic N) is 2. The van der Waals surface area contributed by atoms with Crippen LogP contribution in [0.5, 0.6) is 0 Å². The van der Waals surface area contributed by atoms with Crippen LogP contribution in [0.3, 0.4) is 0 Å². The average molecular weight is 486 g/mol. The number of ether oxygens (including phenoxy) is 1. The highest BCUT2D eigenvalue weighted by Gasteiger charge is 2.41. The predicted molar refractivity (Wildman–Crippen MR) is 126 cm³/mol. The molecular formula is C23H39N3O6S. The fourth-order valence-electron chi connectivity index (χ4n) is 4.34. The Morgan fingerprint density at radius 1 is 1.06 bits per heavy atom. The average Bonchev–Trinajstić information content (AvgIpc) is 2.97. The fraction of sp³-hybridized carbons (Fsp3) is 0.783. The number of carbonyl (C=O) groups is 1. The lowest BCUT2D eigenvalue weighted by Crippen LogP contribution is -2.46. The van der Waals surface area contributed by atoms with Gasteiger partial charge < -0.3 is 19.7 Å². The van der Waals surface area contributed by atoms with Gasteiger partial charge in [-0.2, -0.15) is 0 Å². The maximum absolute atomic E-state index is 12.0. The smallest absolute Gasteiger partial charge is 0.410 e. The Morgan fingerprint density at radius 3 is 2.03 bits per heavy atom. The fourth-order valence-corrected chi connectivity index (χ4v) is 4.86. The van der Waals surface area contributed by atoms with E-state index in [1.165, 1.54) is 38.5 Å². The molecule has 1 amide bonds. The molecule has 3 heterocycles. The van der Waals surface area contributed by atoms with Crippen molar-refractivity contribution in [1.29, 1.82) is 0 Å². The Hall–Kier alpha value is -1.94. The Kier molecular flexibility index (Phi) is 9.90. The van der Waals surface area contributed by atoms with Crippen LogP contribution in [0, 0.1) is 0 Å². The number of carbonyl (C=O) groups excluding carboxylic acids is 1. The minimum atomic E-state index is -3.25. The molecular weight excluding hydrogens is 446 g/mol. The van der Waals surface area contributed by atoms with Crippen molar-refractivity contribution in [2.75, 3.05) is 6.26 Å². The lowest BCUT2D eigenvalue weighted by atomic mass is 9.98. The highest BCUT2D eigenvalue weighted by Crippen LogP contribution is 2.36. The van der Waals surface area contributed by atoms with Crippen molar-refractivity contribution in [3.63, 3.8) is 0 Å². The van der Waals surface area contributed by atoms with Gasteiger partial charge in [0.1, 0.15) is 10.5 Å². The molecule has 2 N–H and O–H groups in total. The number of amides is 1. The molecule has 10 heteroatoms. The highest BCUT2D eigenvalue weighted by atomic mass is 32.2. The molecule has 3 fully saturated rings. The zero-order valence-electron chi connectivity index (χ0n) is 20.2. The van der Waals surface area contributed by atoms with Crippen LogP contribution in [0.25, 0.3) is 0 Å². The first kappa shape index (κ1) is 27.3. The second-order valence-electron chi connectivity index (χ2n) is 10.0. The molecule has 0 spiro atoms. The van der Waals surface area contributed by atoms with Gasteiger partial charge in [-0.15, -0.1) is 0 Å². The number of H-pyrrole nitrogens is 1. The summed E-state index contributed by atoms with van der Waals surface area (Å²) in [6.07, 6.45) is 14.9. The second kappa shape index (κ2) is 12.0. The minimum absolute atomic E-state index is 0.0112. The maximum Gasteiger partial charge on any atom is 0.410 e. The summed E-state index contributed by atoms with van der Waals surface area (Å²) in [5, 5.41) is 8.91. The summed E-state index contributed by atoms with van der Waals surface area (Å²) in [4.78, 5) is 29.8. The lowest BCUT2D eigenvalue weighted by Gasteiger charge is -2.35. The van der Waals surface area contributed by atoms with Gasteiger partial charge in [0.2, 0.25) is 0 Å². The molecule has 4 rings (SSSR count). The number of fused-ring (bicyclic) bond motifs is 2. The molecule has 1 saturated carbocycles. The summed E-state index contributed by atoms with van der Waals surface area (Å²) in [5.41, 5.74) is -0.925. The topological polar surface area (TPSA) is 130 Å². The van der Waals surface area contributed by atoms with Gasteiger partial charge in [0, 0.05) is 24.5 Å². The van der Waals surface area contributed by atoms with Crippen LogP contribution >= 0.6 is 0 Å². The number of sulfone groups is 1. The van der Waals surface area contributed by atoms with Crippen LogP contribution in [0.2, 0.25) is 0 Å². The first-order chi connectivity index (χ1) is 15.4. The Balaban J connectivity index is 0.000000188. The molecule has 188 valence electrons. The molecule has 0 aromatic carbocycles. The Labute approximate surface area is 196 Å². The van der Waals surface area contributed by atoms with Gasteiger partial charge >= 0.3 is 11.8 Å². The van der Waals surface area contributed by atoms with E-state index in [0.717, 1.165) is 44.3 Å². The normalized spacial score (nSPS) is 23.0. The van der Waals surface area contributed by atoms with Crippen LogP contribution in [0.1, 0.15) is 85.0 Å². The molecule has 2 atom stereocenters. The molecule has 2 saturated heterocycles. The number of aliphatic hydroxyl groups excluding tert-OH is 1. The van der Waals surface area contributed by atoms with Crippen molar-refractivity contribution in [3.05, 3.63) is 22.9 Å². The SMILES string of the molecule is CC(C)(C)OC(=O)N1C2CCCC1CC2.CS(=O)(=O)c1cnc(=O)[nH]c1.OC1CCCCC1. The van der Waals surface area contributed by atoms with Crippen LogP contribution in [0.15, 0.2) is 22.1 Å². The predicted octanol–water partition coefficient (Wildman–Crippen LogP) is 3.42. The maximum atomic E-state index is 12.0. The molecule has 2 bridgehead atoms. The summed E-state index contributed by atoms with van der Waals surface area (Å²) in [5.74, 6) is 0. The molecule has 2 aliphatic heterocycles. The number of hydrogen-bond donors (Lipinski definition) is 2. The second-order valence-corrected chi connectivity index (χ2v) is 12.0. The van der Waals surface area contributed by atoms with E-state index in [4.69, 9.17) is 9.84 Å². The van der Waals surface area contributed by atoms with Crippen LogP contribution in [0.4, 0.5) is 4.79 Å². The number of piperidine rings is 1. The minimum Gasteiger partial charge on any atom is -0.444 e. The van der Waals surface area contributed by atoms with E-state index >= 15 is 0 Å². The van der Waals surface area contributed by atoms with Crippen molar-refractivity contribution >= 4 is 15.9 Å². The summed E-state index contributed by atoms with van der Waals surface area (Å²) in [6.45, 7) is 5.78. The first-order valence-electron chi connectivity index (χ1n) is 11.8. The van der Waals surface area contributed by atoms with Crippen LogP contribution < -0.4 is 5.69 Å². The monoisotopic (exact) mass is 485 g/mol. The molecule has 2 unspecified atom stereocenters.